The van der Waals surface area contributed by atoms with Crippen molar-refractivity contribution in [2.45, 2.75) is 32.0 Å². The molecule has 0 spiro atoms. The van der Waals surface area contributed by atoms with Gasteiger partial charge >= 0.3 is 6.18 Å². The Bertz CT molecular complexity index is 1170. The molecule has 7 nitrogen and oxygen atoms in total. The average Bonchev–Trinajstić information content (AvgIpc) is 3.36. The molecular formula is C24H22F3N3O4. The maximum Gasteiger partial charge on any atom is 0.416 e. The Labute approximate surface area is 193 Å². The van der Waals surface area contributed by atoms with Crippen molar-refractivity contribution in [3.8, 4) is 5.75 Å². The topological polar surface area (TPSA) is 84.7 Å². The van der Waals surface area contributed by atoms with Crippen molar-refractivity contribution in [3.05, 3.63) is 77.2 Å². The van der Waals surface area contributed by atoms with Gasteiger partial charge in [-0.1, -0.05) is 17.3 Å². The number of carbonyl (C=O) groups is 2. The third-order valence-corrected chi connectivity index (χ3v) is 5.57. The second kappa shape index (κ2) is 9.58. The van der Waals surface area contributed by atoms with Crippen LogP contribution in [0.15, 0.2) is 59.3 Å². The van der Waals surface area contributed by atoms with E-state index in [2.05, 4.69) is 10.5 Å². The Balaban J connectivity index is 1.38. The first-order valence-corrected chi connectivity index (χ1v) is 10.7. The smallest absolute Gasteiger partial charge is 0.416 e. The van der Waals surface area contributed by atoms with E-state index in [0.717, 1.165) is 17.7 Å². The van der Waals surface area contributed by atoms with E-state index in [9.17, 15) is 22.8 Å². The lowest BCUT2D eigenvalue weighted by Gasteiger charge is -2.32. The van der Waals surface area contributed by atoms with Crippen molar-refractivity contribution < 1.29 is 32.0 Å². The van der Waals surface area contributed by atoms with Crippen LogP contribution in [-0.2, 0) is 6.18 Å². The molecule has 0 saturated carbocycles. The highest BCUT2D eigenvalue weighted by atomic mass is 19.4. The summed E-state index contributed by atoms with van der Waals surface area (Å²) in [6.07, 6.45) is -2.02. The molecule has 2 amide bonds. The van der Waals surface area contributed by atoms with E-state index in [-0.39, 0.29) is 23.3 Å². The van der Waals surface area contributed by atoms with Gasteiger partial charge in [-0.3, -0.25) is 9.59 Å². The minimum absolute atomic E-state index is 0.0957. The van der Waals surface area contributed by atoms with Crippen molar-refractivity contribution >= 4 is 17.5 Å². The number of halogens is 3. The SMILES string of the molecule is Cc1ccc(NC(=O)c2cccc(C(F)(F)F)c2)cc1OC1CCN(C(=O)c2ccno2)CC1. The molecule has 0 unspecified atom stereocenters. The van der Waals surface area contributed by atoms with E-state index < -0.39 is 17.6 Å². The van der Waals surface area contributed by atoms with Crippen molar-refractivity contribution in [2.75, 3.05) is 18.4 Å². The number of aryl methyl sites for hydroxylation is 1. The van der Waals surface area contributed by atoms with E-state index in [1.165, 1.54) is 24.4 Å². The Hall–Kier alpha value is -3.82. The third kappa shape index (κ3) is 5.38. The average molecular weight is 473 g/mol. The molecule has 0 aliphatic carbocycles. The van der Waals surface area contributed by atoms with Gasteiger partial charge in [-0.25, -0.2) is 0 Å². The molecule has 2 aromatic carbocycles. The van der Waals surface area contributed by atoms with Gasteiger partial charge in [-0.2, -0.15) is 13.2 Å². The van der Waals surface area contributed by atoms with Crippen molar-refractivity contribution in [2.24, 2.45) is 0 Å². The van der Waals surface area contributed by atoms with Gasteiger partial charge in [0.1, 0.15) is 11.9 Å². The van der Waals surface area contributed by atoms with Crippen LogP contribution in [0.5, 0.6) is 5.75 Å². The number of hydrogen-bond donors (Lipinski definition) is 1. The van der Waals surface area contributed by atoms with E-state index in [1.807, 2.05) is 6.92 Å². The molecule has 1 aliphatic rings. The number of nitrogens with zero attached hydrogens (tertiary/aromatic N) is 2. The summed E-state index contributed by atoms with van der Waals surface area (Å²) in [7, 11) is 0. The van der Waals surface area contributed by atoms with Gasteiger partial charge in [0.05, 0.1) is 11.8 Å². The maximum atomic E-state index is 12.9. The van der Waals surface area contributed by atoms with Crippen LogP contribution >= 0.6 is 0 Å². The van der Waals surface area contributed by atoms with Crippen LogP contribution < -0.4 is 10.1 Å². The van der Waals surface area contributed by atoms with Crippen LogP contribution in [0.1, 0.15) is 44.9 Å². The molecule has 4 rings (SSSR count). The first-order valence-electron chi connectivity index (χ1n) is 10.7. The second-order valence-corrected chi connectivity index (χ2v) is 8.00. The fourth-order valence-corrected chi connectivity index (χ4v) is 3.68. The Kier molecular flexibility index (Phi) is 6.58. The lowest BCUT2D eigenvalue weighted by atomic mass is 10.1. The summed E-state index contributed by atoms with van der Waals surface area (Å²) in [5.74, 6) is -0.118. The van der Waals surface area contributed by atoms with E-state index in [1.54, 1.807) is 23.1 Å². The van der Waals surface area contributed by atoms with Gasteiger partial charge in [0, 0.05) is 49.3 Å². The summed E-state index contributed by atoms with van der Waals surface area (Å²) in [4.78, 5) is 26.6. The largest absolute Gasteiger partial charge is 0.490 e. The molecule has 3 aromatic rings. The van der Waals surface area contributed by atoms with Gasteiger partial charge in [0.25, 0.3) is 11.8 Å². The number of nitrogens with one attached hydrogen (secondary N) is 1. The summed E-state index contributed by atoms with van der Waals surface area (Å²) >= 11 is 0. The molecule has 1 aromatic heterocycles. The number of alkyl halides is 3. The standard InChI is InChI=1S/C24H22F3N3O4/c1-15-5-6-18(29-22(31)16-3-2-4-17(13-16)24(25,26)27)14-21(15)33-19-8-11-30(12-9-19)23(32)20-7-10-28-34-20/h2-7,10,13-14,19H,8-9,11-12H2,1H3,(H,29,31). The van der Waals surface area contributed by atoms with Crippen LogP contribution in [0.2, 0.25) is 0 Å². The quantitative estimate of drug-likeness (QED) is 0.568. The number of carbonyl (C=O) groups excluding carboxylic acids is 2. The monoisotopic (exact) mass is 473 g/mol. The number of rotatable bonds is 5. The number of amides is 2. The lowest BCUT2D eigenvalue weighted by Crippen LogP contribution is -2.41. The van der Waals surface area contributed by atoms with Gasteiger partial charge in [-0.15, -0.1) is 0 Å². The highest BCUT2D eigenvalue weighted by Crippen LogP contribution is 2.30. The number of benzene rings is 2. The second-order valence-electron chi connectivity index (χ2n) is 8.00. The summed E-state index contributed by atoms with van der Waals surface area (Å²) in [5.41, 5.74) is 0.265. The molecule has 2 heterocycles. The minimum Gasteiger partial charge on any atom is -0.490 e. The summed E-state index contributed by atoms with van der Waals surface area (Å²) in [6.45, 7) is 2.85. The molecule has 0 radical (unpaired) electrons. The third-order valence-electron chi connectivity index (χ3n) is 5.57. The fraction of sp³-hybridized carbons (Fsp3) is 0.292. The van der Waals surface area contributed by atoms with Gasteiger partial charge in [0.15, 0.2) is 0 Å². The van der Waals surface area contributed by atoms with Crippen molar-refractivity contribution in [1.29, 1.82) is 0 Å². The highest BCUT2D eigenvalue weighted by molar-refractivity contribution is 6.04. The van der Waals surface area contributed by atoms with Gasteiger partial charge in [0.2, 0.25) is 5.76 Å². The van der Waals surface area contributed by atoms with Crippen LogP contribution in [0.25, 0.3) is 0 Å². The van der Waals surface area contributed by atoms with Crippen LogP contribution in [-0.4, -0.2) is 41.1 Å². The molecule has 10 heteroatoms. The summed E-state index contributed by atoms with van der Waals surface area (Å²) in [5, 5.41) is 6.18. The molecule has 1 aliphatic heterocycles. The molecule has 0 bridgehead atoms. The number of hydrogen-bond acceptors (Lipinski definition) is 5. The minimum atomic E-state index is -4.53. The zero-order valence-corrected chi connectivity index (χ0v) is 18.3. The Morgan fingerprint density at radius 1 is 1.12 bits per heavy atom. The van der Waals surface area contributed by atoms with Crippen LogP contribution in [0, 0.1) is 6.92 Å². The van der Waals surface area contributed by atoms with E-state index >= 15 is 0 Å². The normalized spacial score (nSPS) is 14.6. The Morgan fingerprint density at radius 3 is 2.56 bits per heavy atom. The number of ether oxygens (including phenoxy) is 1. The first-order chi connectivity index (χ1) is 16.2. The number of aromatic nitrogens is 1. The fourth-order valence-electron chi connectivity index (χ4n) is 3.68. The Morgan fingerprint density at radius 2 is 1.88 bits per heavy atom. The number of piperidine rings is 1. The predicted octanol–water partition coefficient (Wildman–Crippen LogP) is 4.94. The number of likely N-dealkylation sites (tertiary alicyclic amines) is 1. The summed E-state index contributed by atoms with van der Waals surface area (Å²) in [6, 6.07) is 10.8. The molecule has 34 heavy (non-hydrogen) atoms. The zero-order chi connectivity index (χ0) is 24.3. The highest BCUT2D eigenvalue weighted by Gasteiger charge is 2.31. The van der Waals surface area contributed by atoms with E-state index in [4.69, 9.17) is 9.26 Å². The van der Waals surface area contributed by atoms with Crippen LogP contribution in [0.4, 0.5) is 18.9 Å². The molecule has 1 N–H and O–H groups in total. The maximum absolute atomic E-state index is 12.9. The molecule has 1 saturated heterocycles. The predicted molar refractivity (Wildman–Crippen MR) is 117 cm³/mol. The van der Waals surface area contributed by atoms with Gasteiger partial charge in [-0.05, 0) is 36.8 Å². The van der Waals surface area contributed by atoms with Crippen molar-refractivity contribution in [1.82, 2.24) is 10.1 Å². The molecule has 0 atom stereocenters. The molecule has 1 fully saturated rings. The van der Waals surface area contributed by atoms with Gasteiger partial charge < -0.3 is 19.5 Å². The first kappa shape index (κ1) is 23.3. The van der Waals surface area contributed by atoms with Crippen LogP contribution in [0.3, 0.4) is 0 Å². The zero-order valence-electron chi connectivity index (χ0n) is 18.3. The molecular weight excluding hydrogens is 451 g/mol. The summed E-state index contributed by atoms with van der Waals surface area (Å²) < 4.78 is 49.9. The van der Waals surface area contributed by atoms with E-state index in [0.29, 0.717) is 37.4 Å². The lowest BCUT2D eigenvalue weighted by molar-refractivity contribution is -0.137. The van der Waals surface area contributed by atoms with Crippen molar-refractivity contribution in [3.63, 3.8) is 0 Å². The molecule has 178 valence electrons. The number of anilines is 1.